The van der Waals surface area contributed by atoms with Gasteiger partial charge in [-0.2, -0.15) is 9.78 Å². The molecule has 4 rings (SSSR count). The Morgan fingerprint density at radius 2 is 1.81 bits per heavy atom. The summed E-state index contributed by atoms with van der Waals surface area (Å²) < 4.78 is 47.4. The van der Waals surface area contributed by atoms with E-state index in [1.807, 2.05) is 20.8 Å². The third-order valence-electron chi connectivity index (χ3n) is 6.02. The quantitative estimate of drug-likeness (QED) is 0.213. The summed E-state index contributed by atoms with van der Waals surface area (Å²) in [7, 11) is -2.72. The number of rotatable bonds is 11. The molecule has 0 saturated heterocycles. The van der Waals surface area contributed by atoms with Crippen molar-refractivity contribution < 1.29 is 37.0 Å². The zero-order valence-electron chi connectivity index (χ0n) is 23.8. The van der Waals surface area contributed by atoms with E-state index in [-0.39, 0.29) is 57.8 Å². The second-order valence-corrected chi connectivity index (χ2v) is 12.4. The zero-order valence-corrected chi connectivity index (χ0v) is 24.6. The van der Waals surface area contributed by atoms with Crippen LogP contribution < -0.4 is 19.5 Å². The highest BCUT2D eigenvalue weighted by Gasteiger charge is 2.27. The molecule has 1 amide bonds. The number of amides is 1. The number of anilines is 1. The lowest BCUT2D eigenvalue weighted by Gasteiger charge is -2.18. The lowest BCUT2D eigenvalue weighted by Crippen LogP contribution is -2.24. The molecule has 222 valence electrons. The monoisotopic (exact) mass is 596 g/mol. The Morgan fingerprint density at radius 3 is 2.40 bits per heavy atom. The summed E-state index contributed by atoms with van der Waals surface area (Å²) in [6, 6.07) is 14.1. The fourth-order valence-electron chi connectivity index (χ4n) is 4.03. The number of methoxy groups -OCH3 is 1. The number of sulfonamides is 1. The number of benzene rings is 2. The van der Waals surface area contributed by atoms with Crippen LogP contribution in [0.4, 0.5) is 5.69 Å². The lowest BCUT2D eigenvalue weighted by molar-refractivity contribution is -0.117. The minimum Gasteiger partial charge on any atom is -0.497 e. The van der Waals surface area contributed by atoms with Crippen LogP contribution in [0.1, 0.15) is 49.0 Å². The molecule has 2 aromatic carbocycles. The molecule has 0 saturated carbocycles. The van der Waals surface area contributed by atoms with E-state index in [2.05, 4.69) is 15.1 Å². The summed E-state index contributed by atoms with van der Waals surface area (Å²) in [5.74, 6) is -0.744. The number of hydrogen-bond donors (Lipinski definition) is 3. The van der Waals surface area contributed by atoms with Crippen molar-refractivity contribution in [3.63, 3.8) is 0 Å². The number of furan rings is 1. The van der Waals surface area contributed by atoms with Gasteiger partial charge in [-0.3, -0.25) is 4.79 Å². The van der Waals surface area contributed by atoms with Crippen LogP contribution in [0.5, 0.6) is 17.4 Å². The number of carbonyl (C=O) groups is 2. The van der Waals surface area contributed by atoms with Crippen molar-refractivity contribution >= 4 is 27.6 Å². The van der Waals surface area contributed by atoms with E-state index >= 15 is 0 Å². The van der Waals surface area contributed by atoms with Gasteiger partial charge in [0.2, 0.25) is 21.8 Å². The summed E-state index contributed by atoms with van der Waals surface area (Å²) in [5.41, 5.74) is 0.306. The number of ether oxygens (including phenoxy) is 2. The Morgan fingerprint density at radius 1 is 1.10 bits per heavy atom. The number of hydrogen-bond acceptors (Lipinski definition) is 8. The number of aromatic nitrogens is 2. The molecule has 0 atom stereocenters. The second-order valence-electron chi connectivity index (χ2n) is 10.6. The maximum absolute atomic E-state index is 13.6. The molecule has 2 aromatic heterocycles. The van der Waals surface area contributed by atoms with E-state index < -0.39 is 16.0 Å². The molecule has 2 heterocycles. The van der Waals surface area contributed by atoms with Gasteiger partial charge in [0, 0.05) is 17.7 Å². The van der Waals surface area contributed by atoms with Gasteiger partial charge >= 0.3 is 5.97 Å². The minimum atomic E-state index is -4.24. The van der Waals surface area contributed by atoms with Crippen LogP contribution in [-0.2, 0) is 21.4 Å². The Balaban J connectivity index is 1.78. The van der Waals surface area contributed by atoms with Gasteiger partial charge in [0.05, 0.1) is 25.6 Å². The Bertz CT molecular complexity index is 1690. The molecule has 0 unspecified atom stereocenters. The minimum absolute atomic E-state index is 0.00966. The molecular formula is C29H32N4O8S. The summed E-state index contributed by atoms with van der Waals surface area (Å²) in [6.45, 7) is 7.12. The predicted molar refractivity (Wildman–Crippen MR) is 154 cm³/mol. The van der Waals surface area contributed by atoms with E-state index in [1.165, 1.54) is 43.2 Å². The van der Waals surface area contributed by atoms with Gasteiger partial charge in [-0.15, -0.1) is 0 Å². The van der Waals surface area contributed by atoms with Crippen LogP contribution in [0, 0.1) is 12.3 Å². The first-order valence-corrected chi connectivity index (χ1v) is 14.4. The van der Waals surface area contributed by atoms with Crippen LogP contribution in [-0.4, -0.2) is 42.3 Å². The molecule has 3 N–H and O–H groups in total. The van der Waals surface area contributed by atoms with Gasteiger partial charge in [0.25, 0.3) is 0 Å². The largest absolute Gasteiger partial charge is 0.497 e. The fraction of sp³-hybridized carbons (Fsp3) is 0.276. The summed E-state index contributed by atoms with van der Waals surface area (Å²) in [5, 5.41) is 16.7. The topological polar surface area (TPSA) is 162 Å². The molecule has 0 bridgehead atoms. The third kappa shape index (κ3) is 7.17. The average molecular weight is 597 g/mol. The summed E-state index contributed by atoms with van der Waals surface area (Å²) >= 11 is 0. The molecular weight excluding hydrogens is 564 g/mol. The number of nitrogens with zero attached hydrogens (tertiary/aromatic N) is 2. The normalized spacial score (nSPS) is 11.7. The molecule has 0 aliphatic heterocycles. The predicted octanol–water partition coefficient (Wildman–Crippen LogP) is 5.13. The number of nitrogens with one attached hydrogen (secondary N) is 2. The van der Waals surface area contributed by atoms with Crippen molar-refractivity contribution in [2.45, 2.75) is 45.6 Å². The Labute approximate surface area is 243 Å². The van der Waals surface area contributed by atoms with Crippen molar-refractivity contribution in [2.75, 3.05) is 12.4 Å². The smallest absolute Gasteiger partial charge is 0.356 e. The molecule has 42 heavy (non-hydrogen) atoms. The van der Waals surface area contributed by atoms with Gasteiger partial charge < -0.3 is 24.3 Å². The van der Waals surface area contributed by atoms with Crippen molar-refractivity contribution in [3.05, 3.63) is 77.9 Å². The summed E-state index contributed by atoms with van der Waals surface area (Å²) in [6.07, 6.45) is 1.63. The van der Waals surface area contributed by atoms with E-state index in [9.17, 15) is 23.1 Å². The first-order valence-electron chi connectivity index (χ1n) is 12.9. The van der Waals surface area contributed by atoms with Gasteiger partial charge in [-0.1, -0.05) is 20.8 Å². The molecule has 4 aromatic rings. The van der Waals surface area contributed by atoms with Crippen molar-refractivity contribution in [1.29, 1.82) is 0 Å². The molecule has 0 radical (unpaired) electrons. The van der Waals surface area contributed by atoms with E-state index in [0.29, 0.717) is 17.2 Å². The van der Waals surface area contributed by atoms with Crippen molar-refractivity contribution in [1.82, 2.24) is 14.5 Å². The number of aromatic carboxylic acids is 1. The molecule has 12 nitrogen and oxygen atoms in total. The summed E-state index contributed by atoms with van der Waals surface area (Å²) in [4.78, 5) is 24.3. The van der Waals surface area contributed by atoms with E-state index in [0.717, 1.165) is 0 Å². The van der Waals surface area contributed by atoms with Gasteiger partial charge in [0.15, 0.2) is 5.69 Å². The molecule has 0 spiro atoms. The van der Waals surface area contributed by atoms with Crippen molar-refractivity contribution in [3.8, 4) is 23.1 Å². The lowest BCUT2D eigenvalue weighted by atomic mass is 9.92. The van der Waals surface area contributed by atoms with Crippen LogP contribution in [0.2, 0.25) is 0 Å². The standard InChI is InChI=1S/C29H32N4O8S/c1-18-26(28(35)36)32-33(20-9-11-21(39-5)12-10-20)27(18)41-23-13-8-19(31-25(34)16-29(2,3)4)15-24(23)42(37,38)30-17-22-7-6-14-40-22/h6-15,30H,16-17H2,1-5H3,(H,31,34)(H,35,36). The number of carbonyl (C=O) groups excluding carboxylic acids is 1. The van der Waals surface area contributed by atoms with E-state index in [4.69, 9.17) is 13.9 Å². The van der Waals surface area contributed by atoms with Crippen LogP contribution in [0.3, 0.4) is 0 Å². The molecule has 0 fully saturated rings. The van der Waals surface area contributed by atoms with Gasteiger partial charge in [-0.25, -0.2) is 17.9 Å². The molecule has 13 heteroatoms. The number of carboxylic acid groups (broad SMARTS) is 1. The first-order chi connectivity index (χ1) is 19.8. The van der Waals surface area contributed by atoms with Gasteiger partial charge in [0.1, 0.15) is 22.2 Å². The molecule has 0 aliphatic rings. The number of carboxylic acids is 1. The third-order valence-corrected chi connectivity index (χ3v) is 7.44. The van der Waals surface area contributed by atoms with Gasteiger partial charge in [-0.05, 0) is 66.9 Å². The fourth-order valence-corrected chi connectivity index (χ4v) is 5.17. The highest BCUT2D eigenvalue weighted by Crippen LogP contribution is 2.36. The second kappa shape index (κ2) is 12.1. The highest BCUT2D eigenvalue weighted by molar-refractivity contribution is 7.89. The maximum atomic E-state index is 13.6. The molecule has 0 aliphatic carbocycles. The van der Waals surface area contributed by atoms with E-state index in [1.54, 1.807) is 36.4 Å². The average Bonchev–Trinajstić information content (AvgIpc) is 3.55. The Kier molecular flexibility index (Phi) is 8.73. The first kappa shape index (κ1) is 30.3. The van der Waals surface area contributed by atoms with Crippen LogP contribution in [0.15, 0.2) is 70.2 Å². The SMILES string of the molecule is COc1ccc(-n2nc(C(=O)O)c(C)c2Oc2ccc(NC(=O)CC(C)(C)C)cc2S(=O)(=O)NCc2ccco2)cc1. The van der Waals surface area contributed by atoms with Crippen LogP contribution in [0.25, 0.3) is 5.69 Å². The Hall–Kier alpha value is -4.62. The highest BCUT2D eigenvalue weighted by atomic mass is 32.2. The van der Waals surface area contributed by atoms with Crippen LogP contribution >= 0.6 is 0 Å². The van der Waals surface area contributed by atoms with Crippen molar-refractivity contribution in [2.24, 2.45) is 5.41 Å². The maximum Gasteiger partial charge on any atom is 0.356 e. The zero-order chi connectivity index (χ0) is 30.7.